The van der Waals surface area contributed by atoms with E-state index < -0.39 is 0 Å². The third kappa shape index (κ3) is 1.91. The Morgan fingerprint density at radius 2 is 2.25 bits per heavy atom. The number of thiazole rings is 1. The van der Waals surface area contributed by atoms with Crippen LogP contribution in [-0.4, -0.2) is 31.2 Å². The number of nitrogens with zero attached hydrogens (tertiary/aromatic N) is 2. The highest BCUT2D eigenvalue weighted by atomic mass is 32.1. The number of hydrogen-bond donors (Lipinski definition) is 0. The van der Waals surface area contributed by atoms with Gasteiger partial charge in [0.05, 0.1) is 12.8 Å². The van der Waals surface area contributed by atoms with Crippen molar-refractivity contribution in [3.05, 3.63) is 10.6 Å². The fourth-order valence-electron chi connectivity index (χ4n) is 1.75. The van der Waals surface area contributed by atoms with Gasteiger partial charge in [-0.25, -0.2) is 9.78 Å². The van der Waals surface area contributed by atoms with Crippen LogP contribution in [0.4, 0.5) is 5.13 Å². The molecule has 1 aliphatic carbocycles. The number of esters is 1. The molecule has 0 aromatic carbocycles. The van der Waals surface area contributed by atoms with Gasteiger partial charge in [0, 0.05) is 13.1 Å². The van der Waals surface area contributed by atoms with E-state index in [9.17, 15) is 4.79 Å². The van der Waals surface area contributed by atoms with Gasteiger partial charge in [-0.15, -0.1) is 0 Å². The van der Waals surface area contributed by atoms with Crippen molar-refractivity contribution in [2.45, 2.75) is 32.2 Å². The number of anilines is 1. The minimum atomic E-state index is -0.289. The van der Waals surface area contributed by atoms with E-state index in [0.29, 0.717) is 10.9 Å². The first kappa shape index (κ1) is 11.4. The molecule has 1 aliphatic rings. The second-order valence-electron chi connectivity index (χ2n) is 4.10. The fourth-order valence-corrected chi connectivity index (χ4v) is 2.76. The van der Waals surface area contributed by atoms with E-state index >= 15 is 0 Å². The highest BCUT2D eigenvalue weighted by Gasteiger charge is 2.26. The van der Waals surface area contributed by atoms with Gasteiger partial charge in [-0.2, -0.15) is 0 Å². The van der Waals surface area contributed by atoms with E-state index in [1.165, 1.54) is 37.7 Å². The molecule has 0 aliphatic heterocycles. The van der Waals surface area contributed by atoms with Crippen LogP contribution in [0.1, 0.15) is 34.6 Å². The largest absolute Gasteiger partial charge is 0.465 e. The lowest BCUT2D eigenvalue weighted by Gasteiger charge is -2.34. The summed E-state index contributed by atoms with van der Waals surface area (Å²) in [5, 5.41) is 0.919. The molecule has 88 valence electrons. The highest BCUT2D eigenvalue weighted by Crippen LogP contribution is 2.32. The lowest BCUT2D eigenvalue weighted by atomic mass is 9.92. The number of methoxy groups -OCH3 is 1. The van der Waals surface area contributed by atoms with Crippen molar-refractivity contribution in [3.8, 4) is 0 Å². The van der Waals surface area contributed by atoms with Gasteiger partial charge in [-0.1, -0.05) is 11.3 Å². The molecule has 2 rings (SSSR count). The predicted molar refractivity (Wildman–Crippen MR) is 64.2 cm³/mol. The van der Waals surface area contributed by atoms with E-state index in [1.54, 1.807) is 0 Å². The molecule has 0 spiro atoms. The topological polar surface area (TPSA) is 42.4 Å². The first-order valence-corrected chi connectivity index (χ1v) is 6.23. The Kier molecular flexibility index (Phi) is 3.14. The van der Waals surface area contributed by atoms with Gasteiger partial charge in [0.15, 0.2) is 5.13 Å². The second-order valence-corrected chi connectivity index (χ2v) is 5.08. The van der Waals surface area contributed by atoms with E-state index in [2.05, 4.69) is 9.88 Å². The molecule has 4 nitrogen and oxygen atoms in total. The average molecular weight is 240 g/mol. The first-order chi connectivity index (χ1) is 7.63. The summed E-state index contributed by atoms with van der Waals surface area (Å²) in [5.74, 6) is -0.289. The Balaban J connectivity index is 2.19. The highest BCUT2D eigenvalue weighted by molar-refractivity contribution is 7.17. The molecule has 1 aromatic rings. The van der Waals surface area contributed by atoms with Gasteiger partial charge in [-0.3, -0.25) is 0 Å². The number of hydrogen-bond acceptors (Lipinski definition) is 5. The number of carbonyl (C=O) groups is 1. The lowest BCUT2D eigenvalue weighted by Crippen LogP contribution is -2.36. The minimum Gasteiger partial charge on any atom is -0.465 e. The molecule has 0 N–H and O–H groups in total. The van der Waals surface area contributed by atoms with Crippen molar-refractivity contribution in [2.24, 2.45) is 0 Å². The van der Waals surface area contributed by atoms with E-state index in [4.69, 9.17) is 4.74 Å². The van der Waals surface area contributed by atoms with Crippen LogP contribution in [0.2, 0.25) is 0 Å². The Hall–Kier alpha value is -1.10. The van der Waals surface area contributed by atoms with Crippen LogP contribution in [-0.2, 0) is 4.74 Å². The zero-order chi connectivity index (χ0) is 11.7. The maximum atomic E-state index is 11.5. The van der Waals surface area contributed by atoms with E-state index in [0.717, 1.165) is 10.8 Å². The average Bonchev–Trinajstić information content (AvgIpc) is 2.56. The van der Waals surface area contributed by atoms with Crippen molar-refractivity contribution in [3.63, 3.8) is 0 Å². The van der Waals surface area contributed by atoms with Crippen LogP contribution in [0.3, 0.4) is 0 Å². The molecule has 1 saturated carbocycles. The maximum absolute atomic E-state index is 11.5. The number of ether oxygens (including phenoxy) is 1. The van der Waals surface area contributed by atoms with Crippen molar-refractivity contribution < 1.29 is 9.53 Å². The van der Waals surface area contributed by atoms with Crippen LogP contribution >= 0.6 is 11.3 Å². The number of carbonyl (C=O) groups excluding carboxylic acids is 1. The van der Waals surface area contributed by atoms with Crippen LogP contribution in [0, 0.1) is 6.92 Å². The molecule has 0 unspecified atom stereocenters. The van der Waals surface area contributed by atoms with Gasteiger partial charge in [0.2, 0.25) is 0 Å². The second kappa shape index (κ2) is 4.41. The van der Waals surface area contributed by atoms with E-state index in [-0.39, 0.29) is 5.97 Å². The molecule has 0 radical (unpaired) electrons. The van der Waals surface area contributed by atoms with Gasteiger partial charge >= 0.3 is 5.97 Å². The van der Waals surface area contributed by atoms with Crippen molar-refractivity contribution in [1.29, 1.82) is 0 Å². The quantitative estimate of drug-likeness (QED) is 0.760. The minimum absolute atomic E-state index is 0.289. The number of aromatic nitrogens is 1. The summed E-state index contributed by atoms with van der Waals surface area (Å²) < 4.78 is 4.72. The third-order valence-corrected chi connectivity index (χ3v) is 4.31. The summed E-state index contributed by atoms with van der Waals surface area (Å²) in [4.78, 5) is 18.7. The molecular weight excluding hydrogens is 224 g/mol. The summed E-state index contributed by atoms with van der Waals surface area (Å²) >= 11 is 1.42. The Labute approximate surface area is 99.2 Å². The van der Waals surface area contributed by atoms with Crippen LogP contribution in [0.5, 0.6) is 0 Å². The molecule has 0 saturated heterocycles. The monoisotopic (exact) mass is 240 g/mol. The van der Waals surface area contributed by atoms with Gasteiger partial charge in [0.25, 0.3) is 0 Å². The summed E-state index contributed by atoms with van der Waals surface area (Å²) in [6.45, 7) is 1.85. The zero-order valence-corrected chi connectivity index (χ0v) is 10.6. The van der Waals surface area contributed by atoms with Crippen molar-refractivity contribution in [2.75, 3.05) is 19.1 Å². The van der Waals surface area contributed by atoms with Crippen LogP contribution in [0.25, 0.3) is 0 Å². The number of aryl methyl sites for hydroxylation is 1. The van der Waals surface area contributed by atoms with Crippen LogP contribution < -0.4 is 4.90 Å². The molecule has 0 bridgehead atoms. The van der Waals surface area contributed by atoms with Gasteiger partial charge < -0.3 is 9.64 Å². The Morgan fingerprint density at radius 1 is 1.56 bits per heavy atom. The fraction of sp³-hybridized carbons (Fsp3) is 0.636. The molecular formula is C11H16N2O2S. The molecule has 5 heteroatoms. The molecule has 1 heterocycles. The normalized spacial score (nSPS) is 15.7. The predicted octanol–water partition coefficient (Wildman–Crippen LogP) is 2.23. The Bertz CT molecular complexity index is 399. The summed E-state index contributed by atoms with van der Waals surface area (Å²) in [6, 6.07) is 0.594. The van der Waals surface area contributed by atoms with Crippen LogP contribution in [0.15, 0.2) is 0 Å². The first-order valence-electron chi connectivity index (χ1n) is 5.42. The van der Waals surface area contributed by atoms with Crippen molar-refractivity contribution in [1.82, 2.24) is 4.98 Å². The van der Waals surface area contributed by atoms with Gasteiger partial charge in [0.1, 0.15) is 4.88 Å². The maximum Gasteiger partial charge on any atom is 0.350 e. The lowest BCUT2D eigenvalue weighted by molar-refractivity contribution is 0.0605. The molecule has 0 atom stereocenters. The molecule has 1 fully saturated rings. The summed E-state index contributed by atoms with van der Waals surface area (Å²) in [7, 11) is 3.44. The molecule has 0 amide bonds. The third-order valence-electron chi connectivity index (χ3n) is 3.08. The van der Waals surface area contributed by atoms with Crippen molar-refractivity contribution >= 4 is 22.4 Å². The molecule has 1 aromatic heterocycles. The number of rotatable bonds is 3. The molecule has 16 heavy (non-hydrogen) atoms. The SMILES string of the molecule is COC(=O)c1sc(N(C)C2CCC2)nc1C. The van der Waals surface area contributed by atoms with E-state index in [1.807, 2.05) is 14.0 Å². The zero-order valence-electron chi connectivity index (χ0n) is 9.82. The smallest absolute Gasteiger partial charge is 0.350 e. The summed E-state index contributed by atoms with van der Waals surface area (Å²) in [6.07, 6.45) is 3.74. The van der Waals surface area contributed by atoms with Gasteiger partial charge in [-0.05, 0) is 26.2 Å². The summed E-state index contributed by atoms with van der Waals surface area (Å²) in [5.41, 5.74) is 0.762. The standard InChI is InChI=1S/C11H16N2O2S/c1-7-9(10(14)15-3)16-11(12-7)13(2)8-5-4-6-8/h8H,4-6H2,1-3H3. The Morgan fingerprint density at radius 3 is 2.75 bits per heavy atom.